The third-order valence-corrected chi connectivity index (χ3v) is 3.28. The number of nitrogens with one attached hydrogen (secondary N) is 1. The van der Waals surface area contributed by atoms with Gasteiger partial charge in [0.1, 0.15) is 5.76 Å². The largest absolute Gasteiger partial charge is 0.467 e. The van der Waals surface area contributed by atoms with Crippen LogP contribution in [0.15, 0.2) is 47.1 Å². The first-order valence-electron chi connectivity index (χ1n) is 5.83. The van der Waals surface area contributed by atoms with Crippen LogP contribution in [0.5, 0.6) is 0 Å². The number of rotatable bonds is 5. The van der Waals surface area contributed by atoms with Gasteiger partial charge in [-0.25, -0.2) is 0 Å². The highest BCUT2D eigenvalue weighted by molar-refractivity contribution is 14.1. The minimum absolute atomic E-state index is 0.152. The normalized spacial score (nSPS) is 12.6. The third kappa shape index (κ3) is 3.33. The van der Waals surface area contributed by atoms with E-state index in [2.05, 4.69) is 59.1 Å². The van der Waals surface area contributed by atoms with Gasteiger partial charge < -0.3 is 9.73 Å². The topological polar surface area (TPSA) is 25.2 Å². The van der Waals surface area contributed by atoms with Crippen molar-refractivity contribution in [2.75, 3.05) is 6.54 Å². The second-order valence-corrected chi connectivity index (χ2v) is 5.20. The highest BCUT2D eigenvalue weighted by atomic mass is 127. The fraction of sp³-hybridized carbons (Fsp3) is 0.286. The van der Waals surface area contributed by atoms with Crippen molar-refractivity contribution < 1.29 is 4.42 Å². The van der Waals surface area contributed by atoms with Crippen molar-refractivity contribution in [3.8, 4) is 0 Å². The van der Waals surface area contributed by atoms with E-state index < -0.39 is 0 Å². The molecule has 1 aromatic carbocycles. The molecule has 1 atom stereocenters. The van der Waals surface area contributed by atoms with Crippen molar-refractivity contribution in [3.05, 3.63) is 57.6 Å². The average molecular weight is 341 g/mol. The number of benzene rings is 1. The smallest absolute Gasteiger partial charge is 0.125 e. The van der Waals surface area contributed by atoms with E-state index in [1.54, 1.807) is 6.26 Å². The summed E-state index contributed by atoms with van der Waals surface area (Å²) in [6.45, 7) is 3.15. The fourth-order valence-electron chi connectivity index (χ4n) is 1.81. The molecule has 1 aromatic heterocycles. The van der Waals surface area contributed by atoms with Gasteiger partial charge in [0.15, 0.2) is 0 Å². The van der Waals surface area contributed by atoms with Crippen molar-refractivity contribution in [2.45, 2.75) is 19.4 Å². The maximum Gasteiger partial charge on any atom is 0.125 e. The lowest BCUT2D eigenvalue weighted by molar-refractivity contribution is 0.446. The quantitative estimate of drug-likeness (QED) is 0.833. The molecule has 1 unspecified atom stereocenters. The number of furan rings is 1. The van der Waals surface area contributed by atoms with Gasteiger partial charge in [0.05, 0.1) is 12.3 Å². The molecule has 2 aromatic rings. The summed E-state index contributed by atoms with van der Waals surface area (Å²) >= 11 is 2.34. The van der Waals surface area contributed by atoms with Gasteiger partial charge in [-0.2, -0.15) is 0 Å². The van der Waals surface area contributed by atoms with E-state index in [-0.39, 0.29) is 6.04 Å². The zero-order chi connectivity index (χ0) is 12.1. The second-order valence-electron chi connectivity index (χ2n) is 3.96. The maximum atomic E-state index is 5.52. The third-order valence-electron chi connectivity index (χ3n) is 2.61. The summed E-state index contributed by atoms with van der Waals surface area (Å²) in [5.74, 6) is 0.973. The van der Waals surface area contributed by atoms with Gasteiger partial charge in [0, 0.05) is 3.57 Å². The van der Waals surface area contributed by atoms with Crippen LogP contribution in [0, 0.1) is 3.57 Å². The first-order valence-corrected chi connectivity index (χ1v) is 6.91. The Morgan fingerprint density at radius 2 is 2.18 bits per heavy atom. The van der Waals surface area contributed by atoms with E-state index in [1.807, 2.05) is 12.1 Å². The molecular weight excluding hydrogens is 325 g/mol. The summed E-state index contributed by atoms with van der Waals surface area (Å²) in [7, 11) is 0. The first kappa shape index (κ1) is 12.6. The van der Waals surface area contributed by atoms with Crippen molar-refractivity contribution in [2.24, 2.45) is 0 Å². The van der Waals surface area contributed by atoms with Crippen molar-refractivity contribution in [1.29, 1.82) is 0 Å². The zero-order valence-corrected chi connectivity index (χ0v) is 12.0. The molecule has 0 aliphatic carbocycles. The molecule has 0 fully saturated rings. The molecule has 0 spiro atoms. The number of hydrogen-bond acceptors (Lipinski definition) is 2. The highest BCUT2D eigenvalue weighted by Gasteiger charge is 2.15. The zero-order valence-electron chi connectivity index (χ0n) is 9.82. The van der Waals surface area contributed by atoms with Crippen LogP contribution in [0.4, 0.5) is 0 Å². The standard InChI is InChI=1S/C14H16INO/c1-2-8-16-14(13-7-4-9-17-13)11-5-3-6-12(15)10-11/h3-7,9-10,14,16H,2,8H2,1H3. The minimum atomic E-state index is 0.152. The van der Waals surface area contributed by atoms with Crippen molar-refractivity contribution in [3.63, 3.8) is 0 Å². The maximum absolute atomic E-state index is 5.52. The SMILES string of the molecule is CCCNC(c1cccc(I)c1)c1ccco1. The Kier molecular flexibility index (Phi) is 4.62. The molecule has 0 radical (unpaired) electrons. The van der Waals surface area contributed by atoms with E-state index in [9.17, 15) is 0 Å². The Bertz CT molecular complexity index is 453. The summed E-state index contributed by atoms with van der Waals surface area (Å²) in [6.07, 6.45) is 2.84. The van der Waals surface area contributed by atoms with Gasteiger partial charge in [-0.1, -0.05) is 19.1 Å². The van der Waals surface area contributed by atoms with Crippen LogP contribution in [0.3, 0.4) is 0 Å². The number of halogens is 1. The van der Waals surface area contributed by atoms with E-state index in [1.165, 1.54) is 9.13 Å². The lowest BCUT2D eigenvalue weighted by atomic mass is 10.0. The molecule has 0 saturated carbocycles. The van der Waals surface area contributed by atoms with Crippen LogP contribution < -0.4 is 5.32 Å². The molecule has 90 valence electrons. The molecule has 0 aliphatic rings. The molecule has 2 nitrogen and oxygen atoms in total. The first-order chi connectivity index (χ1) is 8.31. The summed E-state index contributed by atoms with van der Waals surface area (Å²) in [6, 6.07) is 12.6. The predicted octanol–water partition coefficient (Wildman–Crippen LogP) is 3.97. The van der Waals surface area contributed by atoms with Crippen molar-refractivity contribution >= 4 is 22.6 Å². The van der Waals surface area contributed by atoms with E-state index in [4.69, 9.17) is 4.42 Å². The van der Waals surface area contributed by atoms with Gasteiger partial charge in [-0.05, 0) is 65.4 Å². The van der Waals surface area contributed by atoms with Gasteiger partial charge in [0.2, 0.25) is 0 Å². The Balaban J connectivity index is 2.27. The Hall–Kier alpha value is -0.810. The summed E-state index contributed by atoms with van der Waals surface area (Å²) in [5, 5.41) is 3.52. The van der Waals surface area contributed by atoms with Gasteiger partial charge in [-0.15, -0.1) is 0 Å². The van der Waals surface area contributed by atoms with Gasteiger partial charge in [-0.3, -0.25) is 0 Å². The van der Waals surface area contributed by atoms with Crippen LogP contribution >= 0.6 is 22.6 Å². The Labute approximate surface area is 116 Å². The second kappa shape index (κ2) is 6.21. The monoisotopic (exact) mass is 341 g/mol. The molecule has 0 amide bonds. The molecule has 0 saturated heterocycles. The van der Waals surface area contributed by atoms with Crippen molar-refractivity contribution in [1.82, 2.24) is 5.32 Å². The molecule has 0 bridgehead atoms. The predicted molar refractivity (Wildman–Crippen MR) is 78.0 cm³/mol. The highest BCUT2D eigenvalue weighted by Crippen LogP contribution is 2.23. The summed E-state index contributed by atoms with van der Waals surface area (Å²) < 4.78 is 6.77. The molecule has 17 heavy (non-hydrogen) atoms. The van der Waals surface area contributed by atoms with Gasteiger partial charge >= 0.3 is 0 Å². The van der Waals surface area contributed by atoms with E-state index in [0.29, 0.717) is 0 Å². The lowest BCUT2D eigenvalue weighted by Crippen LogP contribution is -2.22. The molecule has 2 rings (SSSR count). The van der Waals surface area contributed by atoms with Crippen LogP contribution in [0.25, 0.3) is 0 Å². The lowest BCUT2D eigenvalue weighted by Gasteiger charge is -2.17. The molecule has 3 heteroatoms. The van der Waals surface area contributed by atoms with E-state index >= 15 is 0 Å². The Morgan fingerprint density at radius 3 is 2.82 bits per heavy atom. The van der Waals surface area contributed by atoms with Crippen LogP contribution in [-0.2, 0) is 0 Å². The van der Waals surface area contributed by atoms with Gasteiger partial charge in [0.25, 0.3) is 0 Å². The van der Waals surface area contributed by atoms with Crippen LogP contribution in [0.1, 0.15) is 30.7 Å². The molecule has 1 heterocycles. The van der Waals surface area contributed by atoms with Crippen LogP contribution in [0.2, 0.25) is 0 Å². The number of hydrogen-bond donors (Lipinski definition) is 1. The molecular formula is C14H16INO. The molecule has 0 aliphatic heterocycles. The summed E-state index contributed by atoms with van der Waals surface area (Å²) in [4.78, 5) is 0. The summed E-state index contributed by atoms with van der Waals surface area (Å²) in [5.41, 5.74) is 1.25. The average Bonchev–Trinajstić information content (AvgIpc) is 2.83. The van der Waals surface area contributed by atoms with Crippen LogP contribution in [-0.4, -0.2) is 6.54 Å². The minimum Gasteiger partial charge on any atom is -0.467 e. The Morgan fingerprint density at radius 1 is 1.29 bits per heavy atom. The van der Waals surface area contributed by atoms with E-state index in [0.717, 1.165) is 18.7 Å². The molecule has 1 N–H and O–H groups in total. The fourth-order valence-corrected chi connectivity index (χ4v) is 2.38.